The van der Waals surface area contributed by atoms with Crippen LogP contribution in [-0.2, 0) is 22.5 Å². The summed E-state index contributed by atoms with van der Waals surface area (Å²) in [6, 6.07) is 17.2. The summed E-state index contributed by atoms with van der Waals surface area (Å²) in [4.78, 5) is 22.8. The van der Waals surface area contributed by atoms with Crippen LogP contribution in [0.15, 0.2) is 54.7 Å². The Balaban J connectivity index is 1.37. The summed E-state index contributed by atoms with van der Waals surface area (Å²) in [5, 5.41) is 0. The first-order valence-corrected chi connectivity index (χ1v) is 12.3. The molecule has 32 heavy (non-hydrogen) atoms. The van der Waals surface area contributed by atoms with Crippen molar-refractivity contribution in [2.75, 3.05) is 32.8 Å². The van der Waals surface area contributed by atoms with Gasteiger partial charge in [-0.2, -0.15) is 0 Å². The number of ether oxygens (including phenoxy) is 1. The summed E-state index contributed by atoms with van der Waals surface area (Å²) in [6.45, 7) is 7.42. The van der Waals surface area contributed by atoms with E-state index < -0.39 is 0 Å². The first kappa shape index (κ1) is 22.9. The Bertz CT molecular complexity index is 836. The van der Waals surface area contributed by atoms with Crippen molar-refractivity contribution in [3.8, 4) is 0 Å². The molecule has 2 aliphatic heterocycles. The predicted molar refractivity (Wildman–Crippen MR) is 127 cm³/mol. The lowest BCUT2D eigenvalue weighted by atomic mass is 9.74. The van der Waals surface area contributed by atoms with E-state index >= 15 is 0 Å². The van der Waals surface area contributed by atoms with Gasteiger partial charge in [0.1, 0.15) is 0 Å². The van der Waals surface area contributed by atoms with E-state index in [4.69, 9.17) is 4.74 Å². The Kier molecular flexibility index (Phi) is 7.93. The molecular weight excluding hydrogens is 398 g/mol. The number of carbonyl (C=O) groups excluding carboxylic acids is 1. The van der Waals surface area contributed by atoms with Gasteiger partial charge in [0.2, 0.25) is 0 Å². The average Bonchev–Trinajstić information content (AvgIpc) is 2.85. The van der Waals surface area contributed by atoms with Crippen molar-refractivity contribution in [1.29, 1.82) is 0 Å². The number of carbonyl (C=O) groups is 1. The van der Waals surface area contributed by atoms with Crippen LogP contribution in [0.4, 0.5) is 0 Å². The molecule has 2 aliphatic rings. The Labute approximate surface area is 192 Å². The fourth-order valence-electron chi connectivity index (χ4n) is 5.43. The van der Waals surface area contributed by atoms with Crippen LogP contribution in [0.2, 0.25) is 0 Å². The third-order valence-corrected chi connectivity index (χ3v) is 7.24. The molecule has 3 heterocycles. The minimum Gasteiger partial charge on any atom is -0.466 e. The van der Waals surface area contributed by atoms with Crippen molar-refractivity contribution in [1.82, 2.24) is 14.8 Å². The highest BCUT2D eigenvalue weighted by atomic mass is 16.5. The van der Waals surface area contributed by atoms with Crippen molar-refractivity contribution in [2.24, 2.45) is 5.41 Å². The van der Waals surface area contributed by atoms with Gasteiger partial charge >= 0.3 is 5.97 Å². The lowest BCUT2D eigenvalue weighted by molar-refractivity contribution is -0.160. The molecule has 5 nitrogen and oxygen atoms in total. The zero-order valence-corrected chi connectivity index (χ0v) is 19.4. The molecule has 0 N–H and O–H groups in total. The van der Waals surface area contributed by atoms with E-state index in [0.717, 1.165) is 76.9 Å². The average molecular weight is 436 g/mol. The molecule has 0 spiro atoms. The van der Waals surface area contributed by atoms with Gasteiger partial charge in [0, 0.05) is 38.4 Å². The third-order valence-electron chi connectivity index (χ3n) is 7.24. The van der Waals surface area contributed by atoms with Crippen molar-refractivity contribution in [2.45, 2.75) is 58.0 Å². The number of likely N-dealkylation sites (tertiary alicyclic amines) is 2. The SMILES string of the molecule is CCOC(=O)C1(CCc2ccccc2)CCCN(C2CCN(Cc3ccccn3)CC2)C1. The van der Waals surface area contributed by atoms with Gasteiger partial charge in [0.05, 0.1) is 17.7 Å². The predicted octanol–water partition coefficient (Wildman–Crippen LogP) is 4.32. The fraction of sp³-hybridized carbons (Fsp3) is 0.556. The molecule has 0 saturated carbocycles. The molecule has 172 valence electrons. The first-order chi connectivity index (χ1) is 15.7. The van der Waals surface area contributed by atoms with Gasteiger partial charge in [-0.25, -0.2) is 0 Å². The van der Waals surface area contributed by atoms with E-state index in [-0.39, 0.29) is 11.4 Å². The Morgan fingerprint density at radius 2 is 1.88 bits per heavy atom. The van der Waals surface area contributed by atoms with E-state index in [1.807, 2.05) is 25.3 Å². The minimum atomic E-state index is -0.380. The molecule has 1 unspecified atom stereocenters. The number of hydrogen-bond acceptors (Lipinski definition) is 5. The van der Waals surface area contributed by atoms with Crippen LogP contribution in [0.3, 0.4) is 0 Å². The quantitative estimate of drug-likeness (QED) is 0.578. The second-order valence-corrected chi connectivity index (χ2v) is 9.39. The maximum Gasteiger partial charge on any atom is 0.313 e. The highest BCUT2D eigenvalue weighted by Gasteiger charge is 2.44. The monoisotopic (exact) mass is 435 g/mol. The number of hydrogen-bond donors (Lipinski definition) is 0. The molecule has 0 radical (unpaired) electrons. The number of esters is 1. The molecule has 1 aromatic carbocycles. The Morgan fingerprint density at radius 1 is 1.09 bits per heavy atom. The zero-order valence-electron chi connectivity index (χ0n) is 19.4. The van der Waals surface area contributed by atoms with Gasteiger partial charge in [-0.3, -0.25) is 19.6 Å². The van der Waals surface area contributed by atoms with E-state index in [1.54, 1.807) is 0 Å². The molecule has 1 atom stereocenters. The molecule has 0 amide bonds. The second-order valence-electron chi connectivity index (χ2n) is 9.39. The lowest BCUT2D eigenvalue weighted by Crippen LogP contribution is -2.54. The van der Waals surface area contributed by atoms with Crippen molar-refractivity contribution in [3.63, 3.8) is 0 Å². The summed E-state index contributed by atoms with van der Waals surface area (Å²) < 4.78 is 5.61. The molecule has 4 rings (SSSR count). The van der Waals surface area contributed by atoms with Gasteiger partial charge in [-0.15, -0.1) is 0 Å². The van der Waals surface area contributed by atoms with Crippen LogP contribution < -0.4 is 0 Å². The number of piperidine rings is 2. The molecular formula is C27H37N3O2. The van der Waals surface area contributed by atoms with Crippen LogP contribution in [-0.4, -0.2) is 59.6 Å². The smallest absolute Gasteiger partial charge is 0.313 e. The van der Waals surface area contributed by atoms with Crippen molar-refractivity contribution in [3.05, 3.63) is 66.0 Å². The normalized spacial score (nSPS) is 23.2. The van der Waals surface area contributed by atoms with Crippen LogP contribution in [0.1, 0.15) is 50.3 Å². The number of pyridine rings is 1. The third kappa shape index (κ3) is 5.76. The zero-order chi connectivity index (χ0) is 22.2. The molecule has 0 bridgehead atoms. The number of rotatable bonds is 8. The summed E-state index contributed by atoms with van der Waals surface area (Å²) in [5.41, 5.74) is 2.07. The van der Waals surface area contributed by atoms with Crippen molar-refractivity contribution < 1.29 is 9.53 Å². The van der Waals surface area contributed by atoms with Gasteiger partial charge in [0.25, 0.3) is 0 Å². The van der Waals surface area contributed by atoms with Gasteiger partial charge in [0.15, 0.2) is 0 Å². The summed E-state index contributed by atoms with van der Waals surface area (Å²) in [6.07, 6.45) is 7.99. The van der Waals surface area contributed by atoms with Gasteiger partial charge in [-0.1, -0.05) is 36.4 Å². The summed E-state index contributed by atoms with van der Waals surface area (Å²) >= 11 is 0. The van der Waals surface area contributed by atoms with Gasteiger partial charge < -0.3 is 4.74 Å². The highest BCUT2D eigenvalue weighted by molar-refractivity contribution is 5.77. The molecule has 2 aromatic rings. The maximum absolute atomic E-state index is 13.2. The second kappa shape index (κ2) is 11.1. The van der Waals surface area contributed by atoms with E-state index in [9.17, 15) is 4.79 Å². The standard InChI is InChI=1S/C27H37N3O2/c1-2-32-26(31)27(16-12-23-9-4-3-5-10-23)15-8-18-30(22-27)25-13-19-29(20-14-25)21-24-11-6-7-17-28-24/h3-7,9-11,17,25H,2,8,12-16,18-22H2,1H3. The highest BCUT2D eigenvalue weighted by Crippen LogP contribution is 2.38. The molecule has 2 saturated heterocycles. The lowest BCUT2D eigenvalue weighted by Gasteiger charge is -2.46. The Morgan fingerprint density at radius 3 is 2.59 bits per heavy atom. The summed E-state index contributed by atoms with van der Waals surface area (Å²) in [5.74, 6) is 0.00761. The summed E-state index contributed by atoms with van der Waals surface area (Å²) in [7, 11) is 0. The van der Waals surface area contributed by atoms with E-state index in [1.165, 1.54) is 5.56 Å². The number of aromatic nitrogens is 1. The molecule has 0 aliphatic carbocycles. The van der Waals surface area contributed by atoms with Crippen molar-refractivity contribution >= 4 is 5.97 Å². The molecule has 5 heteroatoms. The minimum absolute atomic E-state index is 0.00761. The topological polar surface area (TPSA) is 45.7 Å². The van der Waals surface area contributed by atoms with Crippen LogP contribution in [0.5, 0.6) is 0 Å². The fourth-order valence-corrected chi connectivity index (χ4v) is 5.43. The Hall–Kier alpha value is -2.24. The van der Waals surface area contributed by atoms with Crippen LogP contribution in [0, 0.1) is 5.41 Å². The van der Waals surface area contributed by atoms with Crippen LogP contribution >= 0.6 is 0 Å². The van der Waals surface area contributed by atoms with Crippen LogP contribution in [0.25, 0.3) is 0 Å². The van der Waals surface area contributed by atoms with E-state index in [2.05, 4.69) is 51.2 Å². The maximum atomic E-state index is 13.2. The number of benzene rings is 1. The van der Waals surface area contributed by atoms with Gasteiger partial charge in [-0.05, 0) is 69.7 Å². The number of aryl methyl sites for hydroxylation is 1. The molecule has 1 aromatic heterocycles. The largest absolute Gasteiger partial charge is 0.466 e. The van der Waals surface area contributed by atoms with E-state index in [0.29, 0.717) is 12.6 Å². The first-order valence-electron chi connectivity index (χ1n) is 12.3. The number of nitrogens with zero attached hydrogens (tertiary/aromatic N) is 3. The molecule has 2 fully saturated rings.